The zero-order valence-corrected chi connectivity index (χ0v) is 14.0. The van der Waals surface area contributed by atoms with Crippen molar-refractivity contribution in [3.05, 3.63) is 65.5 Å². The topological polar surface area (TPSA) is 74.7 Å². The fourth-order valence-electron chi connectivity index (χ4n) is 2.34. The maximum absolute atomic E-state index is 11.9. The minimum Gasteiger partial charge on any atom is -0.465 e. The molecule has 0 aromatic heterocycles. The van der Waals surface area contributed by atoms with Crippen LogP contribution in [-0.2, 0) is 22.8 Å². The summed E-state index contributed by atoms with van der Waals surface area (Å²) in [4.78, 5) is 12.4. The van der Waals surface area contributed by atoms with E-state index in [0.29, 0.717) is 13.0 Å². The summed E-state index contributed by atoms with van der Waals surface area (Å²) < 4.78 is 34.7. The summed E-state index contributed by atoms with van der Waals surface area (Å²) >= 11 is 0. The SMILES string of the molecule is CS(=O)(=O)c1ccc2c(c1)CN(C(=O)O)CC2.Fc1ccccc1. The summed E-state index contributed by atoms with van der Waals surface area (Å²) in [5.74, 6) is -0.178. The molecular weight excluding hydrogens is 333 g/mol. The highest BCUT2D eigenvalue weighted by atomic mass is 32.2. The second-order valence-electron chi connectivity index (χ2n) is 5.45. The molecule has 0 unspecified atom stereocenters. The summed E-state index contributed by atoms with van der Waals surface area (Å²) in [6.07, 6.45) is 0.804. The number of fused-ring (bicyclic) bond motifs is 1. The van der Waals surface area contributed by atoms with Gasteiger partial charge in [-0.2, -0.15) is 0 Å². The lowest BCUT2D eigenvalue weighted by Gasteiger charge is -2.26. The van der Waals surface area contributed by atoms with Crippen LogP contribution < -0.4 is 0 Å². The number of amides is 1. The van der Waals surface area contributed by atoms with Gasteiger partial charge < -0.3 is 10.0 Å². The van der Waals surface area contributed by atoms with E-state index in [1.807, 2.05) is 0 Å². The van der Waals surface area contributed by atoms with E-state index in [4.69, 9.17) is 5.11 Å². The van der Waals surface area contributed by atoms with E-state index in [2.05, 4.69) is 0 Å². The third-order valence-corrected chi connectivity index (χ3v) is 4.73. The molecule has 3 rings (SSSR count). The lowest BCUT2D eigenvalue weighted by atomic mass is 10.0. The van der Waals surface area contributed by atoms with E-state index >= 15 is 0 Å². The molecule has 0 saturated carbocycles. The Morgan fingerprint density at radius 3 is 2.29 bits per heavy atom. The number of carbonyl (C=O) groups is 1. The largest absolute Gasteiger partial charge is 0.465 e. The number of halogens is 1. The Hall–Kier alpha value is -2.41. The van der Waals surface area contributed by atoms with Crippen molar-refractivity contribution in [3.8, 4) is 0 Å². The highest BCUT2D eigenvalue weighted by molar-refractivity contribution is 7.90. The average Bonchev–Trinajstić information content (AvgIpc) is 2.54. The second kappa shape index (κ2) is 7.44. The number of hydrogen-bond donors (Lipinski definition) is 1. The van der Waals surface area contributed by atoms with E-state index in [-0.39, 0.29) is 17.3 Å². The molecule has 24 heavy (non-hydrogen) atoms. The first-order valence-electron chi connectivity index (χ1n) is 7.27. The standard InChI is InChI=1S/C11H13NO4S.C6H5F/c1-17(15,16)10-3-2-8-4-5-12(11(13)14)7-9(8)6-10;7-6-4-2-1-3-5-6/h2-3,6H,4-5,7H2,1H3,(H,13,14);1-5H. The van der Waals surface area contributed by atoms with E-state index in [0.717, 1.165) is 17.4 Å². The fraction of sp³-hybridized carbons (Fsp3) is 0.235. The van der Waals surface area contributed by atoms with Crippen molar-refractivity contribution in [3.63, 3.8) is 0 Å². The minimum atomic E-state index is -3.24. The van der Waals surface area contributed by atoms with E-state index in [1.54, 1.807) is 36.4 Å². The molecule has 7 heteroatoms. The van der Waals surface area contributed by atoms with Crippen LogP contribution in [0, 0.1) is 5.82 Å². The molecule has 0 radical (unpaired) electrons. The zero-order valence-electron chi connectivity index (χ0n) is 13.1. The predicted molar refractivity (Wildman–Crippen MR) is 88.1 cm³/mol. The van der Waals surface area contributed by atoms with Gasteiger partial charge in [-0.05, 0) is 41.8 Å². The number of hydrogen-bond acceptors (Lipinski definition) is 3. The summed E-state index contributed by atoms with van der Waals surface area (Å²) in [7, 11) is -3.24. The van der Waals surface area contributed by atoms with Crippen LogP contribution in [0.4, 0.5) is 9.18 Å². The molecule has 0 aliphatic carbocycles. The monoisotopic (exact) mass is 351 g/mol. The van der Waals surface area contributed by atoms with Crippen molar-refractivity contribution >= 4 is 15.9 Å². The number of nitrogens with zero attached hydrogens (tertiary/aromatic N) is 1. The Kier molecular flexibility index (Phi) is 5.56. The maximum atomic E-state index is 11.9. The van der Waals surface area contributed by atoms with Crippen molar-refractivity contribution in [1.29, 1.82) is 0 Å². The fourth-order valence-corrected chi connectivity index (χ4v) is 3.01. The van der Waals surface area contributed by atoms with Crippen LogP contribution >= 0.6 is 0 Å². The molecule has 0 spiro atoms. The average molecular weight is 351 g/mol. The highest BCUT2D eigenvalue weighted by Crippen LogP contribution is 2.22. The van der Waals surface area contributed by atoms with Gasteiger partial charge in [0, 0.05) is 19.3 Å². The number of benzene rings is 2. The Bertz CT molecular complexity index is 822. The van der Waals surface area contributed by atoms with E-state index in [9.17, 15) is 17.6 Å². The zero-order chi connectivity index (χ0) is 17.7. The maximum Gasteiger partial charge on any atom is 0.407 e. The van der Waals surface area contributed by atoms with Gasteiger partial charge in [-0.15, -0.1) is 0 Å². The molecule has 1 heterocycles. The molecule has 2 aromatic carbocycles. The summed E-state index contributed by atoms with van der Waals surface area (Å²) in [5.41, 5.74) is 1.80. The molecule has 1 amide bonds. The van der Waals surface area contributed by atoms with Gasteiger partial charge in [-0.25, -0.2) is 17.6 Å². The third kappa shape index (κ3) is 4.79. The van der Waals surface area contributed by atoms with Gasteiger partial charge in [0.05, 0.1) is 4.90 Å². The van der Waals surface area contributed by atoms with Gasteiger partial charge in [0.2, 0.25) is 0 Å². The van der Waals surface area contributed by atoms with Crippen molar-refractivity contribution < 1.29 is 22.7 Å². The molecule has 0 bridgehead atoms. The van der Waals surface area contributed by atoms with Crippen LogP contribution in [0.15, 0.2) is 53.4 Å². The highest BCUT2D eigenvalue weighted by Gasteiger charge is 2.21. The van der Waals surface area contributed by atoms with Crippen LogP contribution in [0.1, 0.15) is 11.1 Å². The lowest BCUT2D eigenvalue weighted by Crippen LogP contribution is -2.34. The second-order valence-corrected chi connectivity index (χ2v) is 7.47. The molecule has 0 saturated heterocycles. The van der Waals surface area contributed by atoms with Crippen molar-refractivity contribution in [2.24, 2.45) is 0 Å². The molecule has 0 atom stereocenters. The van der Waals surface area contributed by atoms with Gasteiger partial charge in [-0.3, -0.25) is 0 Å². The molecule has 5 nitrogen and oxygen atoms in total. The van der Waals surface area contributed by atoms with Crippen LogP contribution in [0.2, 0.25) is 0 Å². The first-order valence-corrected chi connectivity index (χ1v) is 9.17. The molecule has 0 fully saturated rings. The first kappa shape index (κ1) is 17.9. The van der Waals surface area contributed by atoms with E-state index in [1.165, 1.54) is 17.0 Å². The van der Waals surface area contributed by atoms with Crippen LogP contribution in [-0.4, -0.2) is 37.3 Å². The number of carboxylic acid groups (broad SMARTS) is 1. The summed E-state index contributed by atoms with van der Waals surface area (Å²) in [6, 6.07) is 12.9. The van der Waals surface area contributed by atoms with Crippen LogP contribution in [0.25, 0.3) is 0 Å². The van der Waals surface area contributed by atoms with Gasteiger partial charge in [0.15, 0.2) is 9.84 Å². The van der Waals surface area contributed by atoms with Gasteiger partial charge >= 0.3 is 6.09 Å². The van der Waals surface area contributed by atoms with Crippen LogP contribution in [0.5, 0.6) is 0 Å². The predicted octanol–water partition coefficient (Wildman–Crippen LogP) is 2.95. The van der Waals surface area contributed by atoms with Gasteiger partial charge in [0.25, 0.3) is 0 Å². The first-order chi connectivity index (χ1) is 11.3. The Balaban J connectivity index is 0.000000249. The molecule has 2 aromatic rings. The third-order valence-electron chi connectivity index (χ3n) is 3.62. The van der Waals surface area contributed by atoms with Crippen molar-refractivity contribution in [2.75, 3.05) is 12.8 Å². The molecule has 128 valence electrons. The van der Waals surface area contributed by atoms with Crippen molar-refractivity contribution in [2.45, 2.75) is 17.9 Å². The smallest absolute Gasteiger partial charge is 0.407 e. The Labute approximate surface area is 140 Å². The normalized spacial score (nSPS) is 13.5. The molecule has 1 N–H and O–H groups in total. The van der Waals surface area contributed by atoms with E-state index < -0.39 is 15.9 Å². The molecular formula is C17H18FNO4S. The Morgan fingerprint density at radius 2 is 1.79 bits per heavy atom. The van der Waals surface area contributed by atoms with Crippen LogP contribution in [0.3, 0.4) is 0 Å². The summed E-state index contributed by atoms with van der Waals surface area (Å²) in [5, 5.41) is 8.90. The van der Waals surface area contributed by atoms with Gasteiger partial charge in [0.1, 0.15) is 5.82 Å². The van der Waals surface area contributed by atoms with Crippen molar-refractivity contribution in [1.82, 2.24) is 4.90 Å². The number of sulfone groups is 1. The summed E-state index contributed by atoms with van der Waals surface area (Å²) in [6.45, 7) is 0.717. The Morgan fingerprint density at radius 1 is 1.12 bits per heavy atom. The molecule has 1 aliphatic rings. The number of rotatable bonds is 1. The van der Waals surface area contributed by atoms with Gasteiger partial charge in [-0.1, -0.05) is 24.3 Å². The quantitative estimate of drug-likeness (QED) is 0.857. The molecule has 1 aliphatic heterocycles. The lowest BCUT2D eigenvalue weighted by molar-refractivity contribution is 0.140. The minimum absolute atomic E-state index is 0.178.